The third kappa shape index (κ3) is 4.65. The number of rotatable bonds is 8. The molecule has 0 aromatic heterocycles. The van der Waals surface area contributed by atoms with Crippen LogP contribution < -0.4 is 14.8 Å². The summed E-state index contributed by atoms with van der Waals surface area (Å²) in [6, 6.07) is 10.5. The first-order chi connectivity index (χ1) is 12.5. The highest BCUT2D eigenvalue weighted by molar-refractivity contribution is 9.10. The van der Waals surface area contributed by atoms with E-state index in [4.69, 9.17) is 19.8 Å². The highest BCUT2D eigenvalue weighted by Gasteiger charge is 2.25. The summed E-state index contributed by atoms with van der Waals surface area (Å²) in [6.45, 7) is -0.182. The third-order valence-electron chi connectivity index (χ3n) is 3.52. The zero-order valence-corrected chi connectivity index (χ0v) is 15.5. The first kappa shape index (κ1) is 19.6. The lowest BCUT2D eigenvalue weighted by Crippen LogP contribution is -2.22. The number of benzene rings is 2. The Morgan fingerprint density at radius 2 is 2.00 bits per heavy atom. The summed E-state index contributed by atoms with van der Waals surface area (Å²) in [5.41, 5.74) is 1.35. The fourth-order valence-electron chi connectivity index (χ4n) is 2.29. The Bertz CT molecular complexity index is 818. The van der Waals surface area contributed by atoms with Gasteiger partial charge in [-0.2, -0.15) is 5.26 Å². The van der Waals surface area contributed by atoms with Crippen LogP contribution in [0.5, 0.6) is 11.5 Å². The second-order valence-corrected chi connectivity index (χ2v) is 6.06. The van der Waals surface area contributed by atoms with Crippen LogP contribution in [-0.2, 0) is 4.79 Å². The lowest BCUT2D eigenvalue weighted by Gasteiger charge is -2.21. The van der Waals surface area contributed by atoms with Crippen LogP contribution in [0.15, 0.2) is 40.9 Å². The lowest BCUT2D eigenvalue weighted by atomic mass is 10.0. The van der Waals surface area contributed by atoms with Crippen LogP contribution in [0.2, 0.25) is 0 Å². The first-order valence-corrected chi connectivity index (χ1v) is 8.40. The summed E-state index contributed by atoms with van der Waals surface area (Å²) in [5, 5.41) is 30.5. The van der Waals surface area contributed by atoms with Crippen molar-refractivity contribution >= 4 is 27.6 Å². The number of aliphatic carboxylic acids is 1. The minimum Gasteiger partial charge on any atom is -0.496 e. The van der Waals surface area contributed by atoms with Crippen LogP contribution >= 0.6 is 15.9 Å². The normalized spacial score (nSPS) is 11.3. The zero-order valence-electron chi connectivity index (χ0n) is 13.9. The second kappa shape index (κ2) is 9.08. The molecule has 26 heavy (non-hydrogen) atoms. The number of hydrogen-bond acceptors (Lipinski definition) is 6. The molecule has 1 unspecified atom stereocenters. The molecule has 0 heterocycles. The standard InChI is InChI=1S/C18H17BrN2O5/c1-25-16-8-13(15(9-14(16)19)26-7-6-22)17(18(23)24)21-12-4-2-11(10-20)3-5-12/h2-5,8-9,17,21-22H,6-7H2,1H3,(H,23,24). The maximum Gasteiger partial charge on any atom is 0.330 e. The van der Waals surface area contributed by atoms with Crippen molar-refractivity contribution in [1.82, 2.24) is 0 Å². The minimum absolute atomic E-state index is 0.0228. The van der Waals surface area contributed by atoms with Crippen LogP contribution in [0.1, 0.15) is 17.2 Å². The van der Waals surface area contributed by atoms with Gasteiger partial charge in [-0.05, 0) is 52.3 Å². The van der Waals surface area contributed by atoms with Crippen molar-refractivity contribution in [3.8, 4) is 17.6 Å². The van der Waals surface area contributed by atoms with E-state index in [0.717, 1.165) is 0 Å². The van der Waals surface area contributed by atoms with E-state index in [1.807, 2.05) is 6.07 Å². The first-order valence-electron chi connectivity index (χ1n) is 7.60. The Morgan fingerprint density at radius 1 is 1.31 bits per heavy atom. The third-order valence-corrected chi connectivity index (χ3v) is 4.14. The van der Waals surface area contributed by atoms with E-state index >= 15 is 0 Å². The highest BCUT2D eigenvalue weighted by atomic mass is 79.9. The quantitative estimate of drug-likeness (QED) is 0.601. The number of anilines is 1. The number of nitrogens with one attached hydrogen (secondary N) is 1. The van der Waals surface area contributed by atoms with Crippen LogP contribution in [0.3, 0.4) is 0 Å². The molecule has 0 aliphatic rings. The molecule has 1 atom stereocenters. The number of carboxylic acid groups (broad SMARTS) is 1. The van der Waals surface area contributed by atoms with E-state index in [0.29, 0.717) is 32.8 Å². The lowest BCUT2D eigenvalue weighted by molar-refractivity contribution is -0.138. The molecule has 136 valence electrons. The number of ether oxygens (including phenoxy) is 2. The summed E-state index contributed by atoms with van der Waals surface area (Å²) in [4.78, 5) is 11.9. The number of methoxy groups -OCH3 is 1. The van der Waals surface area contributed by atoms with Gasteiger partial charge in [0.15, 0.2) is 6.04 Å². The Balaban J connectivity index is 2.43. The van der Waals surface area contributed by atoms with E-state index in [1.165, 1.54) is 7.11 Å². The monoisotopic (exact) mass is 420 g/mol. The Morgan fingerprint density at radius 3 is 2.54 bits per heavy atom. The van der Waals surface area contributed by atoms with Crippen LogP contribution in [0.25, 0.3) is 0 Å². The number of halogens is 1. The van der Waals surface area contributed by atoms with Crippen molar-refractivity contribution in [3.63, 3.8) is 0 Å². The molecule has 0 saturated heterocycles. The molecule has 0 aliphatic carbocycles. The maximum atomic E-state index is 11.9. The van der Waals surface area contributed by atoms with Gasteiger partial charge in [0.1, 0.15) is 18.1 Å². The van der Waals surface area contributed by atoms with Gasteiger partial charge in [0.2, 0.25) is 0 Å². The van der Waals surface area contributed by atoms with Gasteiger partial charge in [-0.15, -0.1) is 0 Å². The predicted molar refractivity (Wildman–Crippen MR) is 98.4 cm³/mol. The summed E-state index contributed by atoms with van der Waals surface area (Å²) >= 11 is 3.34. The van der Waals surface area contributed by atoms with Crippen LogP contribution in [0.4, 0.5) is 5.69 Å². The minimum atomic E-state index is -1.13. The molecule has 2 aromatic rings. The Kier molecular flexibility index (Phi) is 6.83. The number of carboxylic acids is 1. The number of carbonyl (C=O) groups is 1. The van der Waals surface area contributed by atoms with Crippen molar-refractivity contribution in [2.24, 2.45) is 0 Å². The van der Waals surface area contributed by atoms with E-state index in [-0.39, 0.29) is 13.2 Å². The molecule has 0 radical (unpaired) electrons. The fraction of sp³-hybridized carbons (Fsp3) is 0.222. The topological polar surface area (TPSA) is 112 Å². The molecule has 7 nitrogen and oxygen atoms in total. The van der Waals surface area contributed by atoms with Gasteiger partial charge >= 0.3 is 5.97 Å². The molecular weight excluding hydrogens is 404 g/mol. The summed E-state index contributed by atoms with van der Waals surface area (Å²) < 4.78 is 11.3. The molecule has 0 bridgehead atoms. The summed E-state index contributed by atoms with van der Waals surface area (Å²) in [5.74, 6) is -0.364. The fourth-order valence-corrected chi connectivity index (χ4v) is 2.78. The summed E-state index contributed by atoms with van der Waals surface area (Å²) in [6.07, 6.45) is 0. The largest absolute Gasteiger partial charge is 0.496 e. The molecule has 0 fully saturated rings. The van der Waals surface area contributed by atoms with Gasteiger partial charge in [-0.3, -0.25) is 0 Å². The van der Waals surface area contributed by atoms with Crippen LogP contribution in [0, 0.1) is 11.3 Å². The van der Waals surface area contributed by atoms with Crippen molar-refractivity contribution in [1.29, 1.82) is 5.26 Å². The number of aliphatic hydroxyl groups is 1. The van der Waals surface area contributed by atoms with E-state index in [2.05, 4.69) is 21.2 Å². The van der Waals surface area contributed by atoms with Crippen molar-refractivity contribution in [3.05, 3.63) is 52.0 Å². The zero-order chi connectivity index (χ0) is 19.1. The van der Waals surface area contributed by atoms with Crippen LogP contribution in [-0.4, -0.2) is 36.5 Å². The second-order valence-electron chi connectivity index (χ2n) is 5.20. The maximum absolute atomic E-state index is 11.9. The van der Waals surface area contributed by atoms with Gasteiger partial charge in [-0.1, -0.05) is 0 Å². The number of aliphatic hydroxyl groups excluding tert-OH is 1. The molecule has 2 aromatic carbocycles. The van der Waals surface area contributed by atoms with Crippen molar-refractivity contribution < 1.29 is 24.5 Å². The van der Waals surface area contributed by atoms with Gasteiger partial charge in [-0.25, -0.2) is 4.79 Å². The average molecular weight is 421 g/mol. The van der Waals surface area contributed by atoms with E-state index < -0.39 is 12.0 Å². The molecule has 8 heteroatoms. The highest BCUT2D eigenvalue weighted by Crippen LogP contribution is 2.37. The smallest absolute Gasteiger partial charge is 0.330 e. The SMILES string of the molecule is COc1cc(C(Nc2ccc(C#N)cc2)C(=O)O)c(OCCO)cc1Br. The summed E-state index contributed by atoms with van der Waals surface area (Å²) in [7, 11) is 1.47. The average Bonchev–Trinajstić information content (AvgIpc) is 2.65. The van der Waals surface area contributed by atoms with Gasteiger partial charge in [0.05, 0.1) is 29.8 Å². The van der Waals surface area contributed by atoms with E-state index in [9.17, 15) is 9.90 Å². The predicted octanol–water partition coefficient (Wildman–Crippen LogP) is 2.94. The molecule has 0 aliphatic heterocycles. The molecule has 0 spiro atoms. The van der Waals surface area contributed by atoms with E-state index in [1.54, 1.807) is 36.4 Å². The van der Waals surface area contributed by atoms with Gasteiger partial charge < -0.3 is 25.0 Å². The molecular formula is C18H17BrN2O5. The molecule has 2 rings (SSSR count). The number of nitrogens with zero attached hydrogens (tertiary/aromatic N) is 1. The number of nitriles is 1. The Labute approximate surface area is 158 Å². The molecule has 3 N–H and O–H groups in total. The van der Waals surface area contributed by atoms with Gasteiger partial charge in [0, 0.05) is 11.3 Å². The van der Waals surface area contributed by atoms with Crippen molar-refractivity contribution in [2.75, 3.05) is 25.6 Å². The number of hydrogen-bond donors (Lipinski definition) is 3. The molecule has 0 saturated carbocycles. The molecule has 0 amide bonds. The van der Waals surface area contributed by atoms with Gasteiger partial charge in [0.25, 0.3) is 0 Å². The Hall–Kier alpha value is -2.76. The van der Waals surface area contributed by atoms with Crippen molar-refractivity contribution in [2.45, 2.75) is 6.04 Å².